The van der Waals surface area contributed by atoms with Crippen LogP contribution in [0.2, 0.25) is 20.5 Å². The van der Waals surface area contributed by atoms with Crippen molar-refractivity contribution in [2.45, 2.75) is 20.5 Å². The van der Waals surface area contributed by atoms with Crippen LogP contribution in [0.25, 0.3) is 0 Å². The van der Waals surface area contributed by atoms with Gasteiger partial charge in [-0.1, -0.05) is 0 Å². The standard InChI is InChI=1S/C4H11Ge.Sb.2H/c1-5(2,3)4;;;/h1H2,2-4H3;;;. The molecule has 0 aliphatic carbocycles. The van der Waals surface area contributed by atoms with Crippen molar-refractivity contribution in [1.82, 2.24) is 0 Å². The van der Waals surface area contributed by atoms with Crippen LogP contribution in [0.1, 0.15) is 0 Å². The van der Waals surface area contributed by atoms with E-state index in [1.165, 1.54) is 23.0 Å². The van der Waals surface area contributed by atoms with Crippen LogP contribution in [-0.4, -0.2) is 36.3 Å². The Morgan fingerprint density at radius 3 is 1.50 bits per heavy atom. The quantitative estimate of drug-likeness (QED) is 0.611. The Morgan fingerprint density at radius 2 is 1.50 bits per heavy atom. The molecule has 38 valence electrons. The predicted molar refractivity (Wildman–Crippen MR) is 36.7 cm³/mol. The summed E-state index contributed by atoms with van der Waals surface area (Å²) in [5, 5.41) is 0. The molecular weight excluding hydrogens is 242 g/mol. The van der Waals surface area contributed by atoms with Crippen LogP contribution in [-0.2, 0) is 0 Å². The van der Waals surface area contributed by atoms with Gasteiger partial charge in [0.15, 0.2) is 0 Å². The minimum absolute atomic E-state index is 0.984. The summed E-state index contributed by atoms with van der Waals surface area (Å²) in [4.78, 5) is 0. The average Bonchev–Trinajstić information content (AvgIpc) is 1.35. The van der Waals surface area contributed by atoms with Gasteiger partial charge >= 0.3 is 56.8 Å². The van der Waals surface area contributed by atoms with Gasteiger partial charge in [-0.25, -0.2) is 0 Å². The molecule has 0 spiro atoms. The van der Waals surface area contributed by atoms with Crippen LogP contribution in [0.4, 0.5) is 0 Å². The van der Waals surface area contributed by atoms with E-state index in [1.54, 1.807) is 3.20 Å². The van der Waals surface area contributed by atoms with Crippen LogP contribution in [0.15, 0.2) is 0 Å². The van der Waals surface area contributed by atoms with Gasteiger partial charge in [0.25, 0.3) is 0 Å². The first-order valence-corrected chi connectivity index (χ1v) is 12.4. The van der Waals surface area contributed by atoms with E-state index in [0.29, 0.717) is 0 Å². The van der Waals surface area contributed by atoms with Gasteiger partial charge in [0, 0.05) is 0 Å². The number of hydrogen-bond donors (Lipinski definition) is 0. The summed E-state index contributed by atoms with van der Waals surface area (Å²) in [6.45, 7) is 0. The van der Waals surface area contributed by atoms with Gasteiger partial charge in [-0.3, -0.25) is 0 Å². The van der Waals surface area contributed by atoms with E-state index in [2.05, 4.69) is 17.3 Å². The maximum absolute atomic E-state index is 2.46. The summed E-state index contributed by atoms with van der Waals surface area (Å²) in [6.07, 6.45) is 0. The zero-order valence-corrected chi connectivity index (χ0v) is 10.2. The fourth-order valence-corrected chi connectivity index (χ4v) is 0. The second-order valence-corrected chi connectivity index (χ2v) is 20.4. The van der Waals surface area contributed by atoms with Gasteiger partial charge in [0.1, 0.15) is 0 Å². The Morgan fingerprint density at radius 1 is 1.33 bits per heavy atom. The summed E-state index contributed by atoms with van der Waals surface area (Å²) >= 11 is 0.502. The zero-order chi connectivity index (χ0) is 5.21. The third kappa shape index (κ3) is 5.36. The van der Waals surface area contributed by atoms with Gasteiger partial charge in [0.2, 0.25) is 0 Å². The monoisotopic (exact) mass is 256 g/mol. The van der Waals surface area contributed by atoms with Crippen LogP contribution in [0.5, 0.6) is 0 Å². The Kier molecular flexibility index (Phi) is 3.21. The summed E-state index contributed by atoms with van der Waals surface area (Å²) in [7, 11) is 0. The third-order valence-corrected chi connectivity index (χ3v) is 21.3. The Labute approximate surface area is 56.5 Å². The van der Waals surface area contributed by atoms with Gasteiger partial charge < -0.3 is 0 Å². The van der Waals surface area contributed by atoms with Crippen LogP contribution in [0.3, 0.4) is 0 Å². The first-order valence-electron chi connectivity index (χ1n) is 2.26. The maximum atomic E-state index is 2.46. The molecule has 2 heteroatoms. The number of hydrogen-bond acceptors (Lipinski definition) is 0. The van der Waals surface area contributed by atoms with Crippen molar-refractivity contribution in [3.05, 3.63) is 0 Å². The molecule has 0 amide bonds. The van der Waals surface area contributed by atoms with E-state index < -0.39 is 13.3 Å². The molecule has 0 aliphatic rings. The predicted octanol–water partition coefficient (Wildman–Crippen LogP) is 0.915. The molecule has 0 aromatic rings. The van der Waals surface area contributed by atoms with Crippen molar-refractivity contribution in [2.24, 2.45) is 0 Å². The summed E-state index contributed by atoms with van der Waals surface area (Å²) < 4.78 is 1.59. The van der Waals surface area contributed by atoms with Gasteiger partial charge in [0.05, 0.1) is 0 Å². The van der Waals surface area contributed by atoms with E-state index >= 15 is 0 Å². The van der Waals surface area contributed by atoms with Crippen LogP contribution in [0, 0.1) is 0 Å². The molecule has 0 aromatic carbocycles. The van der Waals surface area contributed by atoms with Gasteiger partial charge in [-0.2, -0.15) is 0 Å². The summed E-state index contributed by atoms with van der Waals surface area (Å²) in [6, 6.07) is 0. The average molecular weight is 256 g/mol. The molecular formula is C4H13GeSb. The van der Waals surface area contributed by atoms with Crippen LogP contribution >= 0.6 is 0 Å². The van der Waals surface area contributed by atoms with Crippen molar-refractivity contribution in [3.63, 3.8) is 0 Å². The van der Waals surface area contributed by atoms with E-state index in [0.717, 1.165) is 0 Å². The van der Waals surface area contributed by atoms with Crippen molar-refractivity contribution in [2.75, 3.05) is 0 Å². The minimum atomic E-state index is -0.984. The van der Waals surface area contributed by atoms with Crippen molar-refractivity contribution < 1.29 is 0 Å². The first kappa shape index (κ1) is 7.36. The molecule has 0 N–H and O–H groups in total. The van der Waals surface area contributed by atoms with Gasteiger partial charge in [-0.15, -0.1) is 0 Å². The number of rotatable bonds is 1. The fraction of sp³-hybridized carbons (Fsp3) is 1.00. The third-order valence-electron chi connectivity index (χ3n) is 0.612. The Hall–Kier alpha value is 1.36. The molecule has 0 saturated carbocycles. The second kappa shape index (κ2) is 2.62. The molecule has 6 heavy (non-hydrogen) atoms. The van der Waals surface area contributed by atoms with E-state index in [-0.39, 0.29) is 0 Å². The van der Waals surface area contributed by atoms with Crippen molar-refractivity contribution in [3.8, 4) is 0 Å². The molecule has 0 heterocycles. The van der Waals surface area contributed by atoms with E-state index in [4.69, 9.17) is 0 Å². The molecule has 0 bridgehead atoms. The second-order valence-electron chi connectivity index (χ2n) is 2.76. The zero-order valence-electron chi connectivity index (χ0n) is 4.78. The topological polar surface area (TPSA) is 0 Å². The molecule has 0 aliphatic heterocycles. The molecule has 0 unspecified atom stereocenters. The van der Waals surface area contributed by atoms with E-state index in [9.17, 15) is 0 Å². The Balaban J connectivity index is 3.17. The molecule has 0 aromatic heterocycles. The van der Waals surface area contributed by atoms with Crippen LogP contribution < -0.4 is 0 Å². The molecule has 0 saturated heterocycles. The summed E-state index contributed by atoms with van der Waals surface area (Å²) in [5.74, 6) is 7.39. The molecule has 0 nitrogen and oxygen atoms in total. The fourth-order valence-electron chi connectivity index (χ4n) is 0. The van der Waals surface area contributed by atoms with Gasteiger partial charge in [-0.05, 0) is 0 Å². The molecule has 0 rings (SSSR count). The normalized spacial score (nSPS) is 12.0. The summed E-state index contributed by atoms with van der Waals surface area (Å²) in [5.41, 5.74) is 0. The van der Waals surface area contributed by atoms with Crippen molar-refractivity contribution in [1.29, 1.82) is 0 Å². The van der Waals surface area contributed by atoms with E-state index in [1.807, 2.05) is 0 Å². The SMILES string of the molecule is [CH3][Ge]([CH3])([CH3])[CH2][SbH2]. The first-order chi connectivity index (χ1) is 2.56. The van der Waals surface area contributed by atoms with Crippen molar-refractivity contribution >= 4 is 36.3 Å². The molecule has 0 atom stereocenters. The molecule has 0 radical (unpaired) electrons. The molecule has 0 fully saturated rings. The Bertz CT molecular complexity index is 37.3.